The van der Waals surface area contributed by atoms with Gasteiger partial charge in [0.05, 0.1) is 0 Å². The lowest BCUT2D eigenvalue weighted by Gasteiger charge is -2.07. The summed E-state index contributed by atoms with van der Waals surface area (Å²) >= 11 is 0. The predicted octanol–water partition coefficient (Wildman–Crippen LogP) is 1.02. The second-order valence-corrected chi connectivity index (χ2v) is 1.24. The molecule has 1 rings (SSSR count). The molecule has 0 atom stereocenters. The zero-order valence-corrected chi connectivity index (χ0v) is 3.89. The van der Waals surface area contributed by atoms with Crippen molar-refractivity contribution in [2.45, 2.75) is 0 Å². The first-order valence-corrected chi connectivity index (χ1v) is 2.00. The predicted molar refractivity (Wildman–Crippen MR) is 25.3 cm³/mol. The molecular weight excluding hydrogens is 92.1 g/mol. The molecule has 0 amide bonds. The highest BCUT2D eigenvalue weighted by molar-refractivity contribution is 4.89. The standard InChI is InChI=1S/C5H6O2/c1-5-4-6-2-3-7-5/h2-3H,1,4H2. The van der Waals surface area contributed by atoms with E-state index in [1.165, 1.54) is 12.5 Å². The van der Waals surface area contributed by atoms with Gasteiger partial charge in [0.15, 0.2) is 0 Å². The van der Waals surface area contributed by atoms with Gasteiger partial charge in [0, 0.05) is 0 Å². The van der Waals surface area contributed by atoms with Crippen molar-refractivity contribution in [3.05, 3.63) is 24.9 Å². The molecule has 0 aromatic rings. The van der Waals surface area contributed by atoms with Gasteiger partial charge in [0.2, 0.25) is 0 Å². The SMILES string of the molecule is C=C1COC=CO1. The molecule has 0 fully saturated rings. The van der Waals surface area contributed by atoms with Crippen LogP contribution in [0.3, 0.4) is 0 Å². The third-order valence-corrected chi connectivity index (χ3v) is 0.631. The van der Waals surface area contributed by atoms with Gasteiger partial charge in [0.25, 0.3) is 0 Å². The fourth-order valence-corrected chi connectivity index (χ4v) is 0.338. The molecule has 0 bridgehead atoms. The van der Waals surface area contributed by atoms with Crippen molar-refractivity contribution in [2.75, 3.05) is 6.61 Å². The molecule has 38 valence electrons. The van der Waals surface area contributed by atoms with Crippen LogP contribution in [0.15, 0.2) is 24.9 Å². The molecule has 1 aliphatic heterocycles. The fourth-order valence-electron chi connectivity index (χ4n) is 0.338. The van der Waals surface area contributed by atoms with Crippen molar-refractivity contribution in [2.24, 2.45) is 0 Å². The highest BCUT2D eigenvalue weighted by Gasteiger charge is 1.94. The van der Waals surface area contributed by atoms with E-state index in [9.17, 15) is 0 Å². The Hall–Kier alpha value is -0.920. The minimum atomic E-state index is 0.483. The number of rotatable bonds is 0. The van der Waals surface area contributed by atoms with E-state index in [4.69, 9.17) is 9.47 Å². The Labute approximate surface area is 42.0 Å². The summed E-state index contributed by atoms with van der Waals surface area (Å²) in [5.74, 6) is 0.655. The van der Waals surface area contributed by atoms with Crippen molar-refractivity contribution >= 4 is 0 Å². The molecule has 1 aliphatic rings. The molecule has 0 spiro atoms. The van der Waals surface area contributed by atoms with Crippen molar-refractivity contribution < 1.29 is 9.47 Å². The third kappa shape index (κ3) is 0.961. The summed E-state index contributed by atoms with van der Waals surface area (Å²) in [7, 11) is 0. The Morgan fingerprint density at radius 1 is 1.57 bits per heavy atom. The number of hydrogen-bond acceptors (Lipinski definition) is 2. The Morgan fingerprint density at radius 2 is 2.43 bits per heavy atom. The van der Waals surface area contributed by atoms with E-state index < -0.39 is 0 Å². The lowest BCUT2D eigenvalue weighted by molar-refractivity contribution is 0.167. The number of hydrogen-bond donors (Lipinski definition) is 0. The molecule has 0 unspecified atom stereocenters. The summed E-state index contributed by atoms with van der Waals surface area (Å²) in [5.41, 5.74) is 0. The minimum absolute atomic E-state index is 0.483. The molecule has 2 heteroatoms. The molecule has 0 aromatic carbocycles. The first kappa shape index (κ1) is 4.24. The minimum Gasteiger partial charge on any atom is -0.490 e. The van der Waals surface area contributed by atoms with Crippen LogP contribution in [0.1, 0.15) is 0 Å². The maximum Gasteiger partial charge on any atom is 0.144 e. The van der Waals surface area contributed by atoms with E-state index in [1.54, 1.807) is 0 Å². The van der Waals surface area contributed by atoms with Crippen molar-refractivity contribution in [1.82, 2.24) is 0 Å². The fraction of sp³-hybridized carbons (Fsp3) is 0.200. The van der Waals surface area contributed by atoms with E-state index in [0.29, 0.717) is 12.4 Å². The summed E-state index contributed by atoms with van der Waals surface area (Å²) in [6.45, 7) is 4.00. The zero-order chi connectivity index (χ0) is 5.11. The quantitative estimate of drug-likeness (QED) is 0.450. The van der Waals surface area contributed by atoms with E-state index in [2.05, 4.69) is 6.58 Å². The van der Waals surface area contributed by atoms with Gasteiger partial charge in [-0.05, 0) is 0 Å². The molecule has 0 saturated carbocycles. The summed E-state index contributed by atoms with van der Waals surface area (Å²) in [6, 6.07) is 0. The lowest BCUT2D eigenvalue weighted by Crippen LogP contribution is -1.97. The zero-order valence-electron chi connectivity index (χ0n) is 3.89. The molecular formula is C5H6O2. The van der Waals surface area contributed by atoms with Crippen LogP contribution in [0.5, 0.6) is 0 Å². The lowest BCUT2D eigenvalue weighted by atomic mass is 10.6. The van der Waals surface area contributed by atoms with Crippen LogP contribution in [0.25, 0.3) is 0 Å². The monoisotopic (exact) mass is 98.0 g/mol. The van der Waals surface area contributed by atoms with E-state index in [0.717, 1.165) is 0 Å². The maximum absolute atomic E-state index is 4.78. The normalized spacial score (nSPS) is 18.0. The van der Waals surface area contributed by atoms with E-state index in [-0.39, 0.29) is 0 Å². The average Bonchev–Trinajstić information content (AvgIpc) is 1.69. The highest BCUT2D eigenvalue weighted by Crippen LogP contribution is 2.00. The van der Waals surface area contributed by atoms with Gasteiger partial charge in [-0.25, -0.2) is 0 Å². The van der Waals surface area contributed by atoms with Crippen LogP contribution in [0, 0.1) is 0 Å². The van der Waals surface area contributed by atoms with Gasteiger partial charge >= 0.3 is 0 Å². The van der Waals surface area contributed by atoms with Crippen LogP contribution < -0.4 is 0 Å². The summed E-state index contributed by atoms with van der Waals surface area (Å²) in [5, 5.41) is 0. The highest BCUT2D eigenvalue weighted by atomic mass is 16.5. The van der Waals surface area contributed by atoms with Gasteiger partial charge in [0.1, 0.15) is 24.9 Å². The van der Waals surface area contributed by atoms with Crippen LogP contribution >= 0.6 is 0 Å². The van der Waals surface area contributed by atoms with E-state index in [1.807, 2.05) is 0 Å². The second-order valence-electron chi connectivity index (χ2n) is 1.24. The Bertz CT molecular complexity index is 105. The first-order valence-electron chi connectivity index (χ1n) is 2.00. The molecule has 0 N–H and O–H groups in total. The molecule has 0 radical (unpaired) electrons. The summed E-state index contributed by atoms with van der Waals surface area (Å²) < 4.78 is 9.55. The maximum atomic E-state index is 4.78. The molecule has 7 heavy (non-hydrogen) atoms. The summed E-state index contributed by atoms with van der Waals surface area (Å²) in [4.78, 5) is 0. The Morgan fingerprint density at radius 3 is 2.71 bits per heavy atom. The van der Waals surface area contributed by atoms with Crippen LogP contribution in [0.2, 0.25) is 0 Å². The van der Waals surface area contributed by atoms with Crippen LogP contribution in [-0.4, -0.2) is 6.61 Å². The topological polar surface area (TPSA) is 18.5 Å². The smallest absolute Gasteiger partial charge is 0.144 e. The van der Waals surface area contributed by atoms with Gasteiger partial charge in [-0.15, -0.1) is 0 Å². The van der Waals surface area contributed by atoms with Gasteiger partial charge in [-0.3, -0.25) is 0 Å². The third-order valence-electron chi connectivity index (χ3n) is 0.631. The van der Waals surface area contributed by atoms with Gasteiger partial charge in [-0.1, -0.05) is 6.58 Å². The molecule has 0 aliphatic carbocycles. The van der Waals surface area contributed by atoms with Crippen molar-refractivity contribution in [3.63, 3.8) is 0 Å². The van der Waals surface area contributed by atoms with Crippen LogP contribution in [0.4, 0.5) is 0 Å². The van der Waals surface area contributed by atoms with Crippen LogP contribution in [-0.2, 0) is 9.47 Å². The van der Waals surface area contributed by atoms with Gasteiger partial charge in [-0.2, -0.15) is 0 Å². The molecule has 2 nitrogen and oxygen atoms in total. The molecule has 1 heterocycles. The molecule has 0 aromatic heterocycles. The number of ether oxygens (including phenoxy) is 2. The van der Waals surface area contributed by atoms with E-state index >= 15 is 0 Å². The average molecular weight is 98.1 g/mol. The summed E-state index contributed by atoms with van der Waals surface area (Å²) in [6.07, 6.45) is 2.96. The Kier molecular flexibility index (Phi) is 1.02. The Balaban J connectivity index is 2.47. The van der Waals surface area contributed by atoms with Gasteiger partial charge < -0.3 is 9.47 Å². The largest absolute Gasteiger partial charge is 0.490 e. The van der Waals surface area contributed by atoms with Crippen molar-refractivity contribution in [3.8, 4) is 0 Å². The van der Waals surface area contributed by atoms with Crippen molar-refractivity contribution in [1.29, 1.82) is 0 Å². The first-order chi connectivity index (χ1) is 3.39. The molecule has 0 saturated heterocycles. The second kappa shape index (κ2) is 1.69.